The lowest BCUT2D eigenvalue weighted by Gasteiger charge is -2.19. The molecule has 2 N–H and O–H groups in total. The molecular weight excluding hydrogens is 262 g/mol. The predicted octanol–water partition coefficient (Wildman–Crippen LogP) is 2.09. The highest BCUT2D eigenvalue weighted by Crippen LogP contribution is 2.13. The summed E-state index contributed by atoms with van der Waals surface area (Å²) in [6.45, 7) is 10.3. The molecule has 0 radical (unpaired) electrons. The molecule has 0 unspecified atom stereocenters. The lowest BCUT2D eigenvalue weighted by atomic mass is 10.1. The predicted molar refractivity (Wildman–Crippen MR) is 86.3 cm³/mol. The summed E-state index contributed by atoms with van der Waals surface area (Å²) in [7, 11) is 0. The van der Waals surface area contributed by atoms with Crippen molar-refractivity contribution < 1.29 is 5.32 Å². The zero-order valence-electron chi connectivity index (χ0n) is 13.5. The second-order valence-electron chi connectivity index (χ2n) is 5.92. The van der Waals surface area contributed by atoms with Crippen molar-refractivity contribution in [1.82, 2.24) is 9.55 Å². The summed E-state index contributed by atoms with van der Waals surface area (Å²) in [5.74, 6) is 1.53. The molecule has 0 saturated heterocycles. The minimum Gasteiger partial charge on any atom is -0.337 e. The van der Waals surface area contributed by atoms with E-state index >= 15 is 0 Å². The summed E-state index contributed by atoms with van der Waals surface area (Å²) in [4.78, 5) is 17.4. The molecular formula is C17H26N3O+. The van der Waals surface area contributed by atoms with E-state index in [0.29, 0.717) is 17.8 Å². The Balaban J connectivity index is 2.53. The molecule has 0 bridgehead atoms. The van der Waals surface area contributed by atoms with Crippen LogP contribution in [-0.4, -0.2) is 16.1 Å². The third-order valence-corrected chi connectivity index (χ3v) is 3.87. The molecule has 0 fully saturated rings. The van der Waals surface area contributed by atoms with Gasteiger partial charge in [0.2, 0.25) is 0 Å². The smallest absolute Gasteiger partial charge is 0.261 e. The minimum absolute atomic E-state index is 0.0782. The van der Waals surface area contributed by atoms with Crippen molar-refractivity contribution >= 4 is 10.9 Å². The Kier molecular flexibility index (Phi) is 5.12. The largest absolute Gasteiger partial charge is 0.337 e. The maximum atomic E-state index is 12.6. The summed E-state index contributed by atoms with van der Waals surface area (Å²) < 4.78 is 1.83. The fourth-order valence-electron chi connectivity index (χ4n) is 2.66. The van der Waals surface area contributed by atoms with Gasteiger partial charge in [-0.15, -0.1) is 0 Å². The second kappa shape index (κ2) is 6.85. The van der Waals surface area contributed by atoms with Gasteiger partial charge in [-0.05, 0) is 19.1 Å². The van der Waals surface area contributed by atoms with Crippen molar-refractivity contribution in [2.24, 2.45) is 5.92 Å². The van der Waals surface area contributed by atoms with Gasteiger partial charge < -0.3 is 5.32 Å². The average Bonchev–Trinajstić information content (AvgIpc) is 2.48. The highest BCUT2D eigenvalue weighted by Gasteiger charge is 2.20. The number of nitrogens with zero attached hydrogens (tertiary/aromatic N) is 2. The van der Waals surface area contributed by atoms with Crippen molar-refractivity contribution in [3.8, 4) is 0 Å². The molecule has 1 atom stereocenters. The molecule has 0 amide bonds. The topological polar surface area (TPSA) is 51.5 Å². The Morgan fingerprint density at radius 1 is 1.24 bits per heavy atom. The fraction of sp³-hybridized carbons (Fsp3) is 0.529. The summed E-state index contributed by atoms with van der Waals surface area (Å²) in [5.41, 5.74) is 0.882. The third-order valence-electron chi connectivity index (χ3n) is 3.87. The van der Waals surface area contributed by atoms with E-state index in [1.54, 1.807) is 0 Å². The van der Waals surface area contributed by atoms with Crippen LogP contribution in [0.4, 0.5) is 0 Å². The van der Waals surface area contributed by atoms with Crippen LogP contribution in [0, 0.1) is 5.92 Å². The Bertz CT molecular complexity index is 661. The number of rotatable bonds is 6. The minimum atomic E-state index is 0.0782. The second-order valence-corrected chi connectivity index (χ2v) is 5.92. The van der Waals surface area contributed by atoms with Crippen LogP contribution in [0.1, 0.15) is 46.0 Å². The van der Waals surface area contributed by atoms with E-state index in [-0.39, 0.29) is 11.6 Å². The number of quaternary nitrogens is 1. The van der Waals surface area contributed by atoms with E-state index < -0.39 is 0 Å². The van der Waals surface area contributed by atoms with Gasteiger partial charge in [0.05, 0.1) is 17.4 Å². The quantitative estimate of drug-likeness (QED) is 0.885. The molecule has 1 aromatic heterocycles. The number of aromatic nitrogens is 2. The zero-order valence-corrected chi connectivity index (χ0v) is 13.5. The van der Waals surface area contributed by atoms with E-state index in [1.165, 1.54) is 0 Å². The molecule has 0 aliphatic carbocycles. The highest BCUT2D eigenvalue weighted by atomic mass is 16.1. The maximum Gasteiger partial charge on any atom is 0.261 e. The van der Waals surface area contributed by atoms with Crippen LogP contribution in [0.5, 0.6) is 0 Å². The molecule has 0 saturated carbocycles. The van der Waals surface area contributed by atoms with Gasteiger partial charge in [0.25, 0.3) is 5.56 Å². The maximum absolute atomic E-state index is 12.6. The number of nitrogens with two attached hydrogens (primary N) is 1. The van der Waals surface area contributed by atoms with Crippen LogP contribution in [0.3, 0.4) is 0 Å². The van der Waals surface area contributed by atoms with Gasteiger partial charge in [0.1, 0.15) is 6.04 Å². The monoisotopic (exact) mass is 288 g/mol. The van der Waals surface area contributed by atoms with Crippen LogP contribution in [0.15, 0.2) is 29.1 Å². The Morgan fingerprint density at radius 2 is 1.95 bits per heavy atom. The molecule has 1 aromatic carbocycles. The number of hydrogen-bond acceptors (Lipinski definition) is 2. The number of fused-ring (bicyclic) bond motifs is 1. The Labute approximate surface area is 126 Å². The Hall–Kier alpha value is -1.68. The standard InChI is InChI=1S/C17H25N3O/c1-5-14(18-11-12(3)4)16-19-15-10-8-7-9-13(15)17(21)20(16)6-2/h7-10,12,14,18H,5-6,11H2,1-4H3/p+1/t14-/m0/s1. The SMILES string of the molecule is CC[C@H]([NH2+]CC(C)C)c1nc2ccccc2c(=O)n1CC. The van der Waals surface area contributed by atoms with Crippen LogP contribution in [0.2, 0.25) is 0 Å². The zero-order chi connectivity index (χ0) is 15.4. The highest BCUT2D eigenvalue weighted by molar-refractivity contribution is 5.77. The van der Waals surface area contributed by atoms with Gasteiger partial charge in [-0.2, -0.15) is 0 Å². The van der Waals surface area contributed by atoms with E-state index in [4.69, 9.17) is 4.98 Å². The number of para-hydroxylation sites is 1. The molecule has 0 spiro atoms. The van der Waals surface area contributed by atoms with Crippen molar-refractivity contribution in [2.75, 3.05) is 6.54 Å². The fourth-order valence-corrected chi connectivity index (χ4v) is 2.66. The molecule has 2 rings (SSSR count). The summed E-state index contributed by atoms with van der Waals surface area (Å²) in [6.07, 6.45) is 0.970. The van der Waals surface area contributed by atoms with Crippen LogP contribution < -0.4 is 10.9 Å². The molecule has 2 aromatic rings. The number of benzene rings is 1. The summed E-state index contributed by atoms with van der Waals surface area (Å²) in [6, 6.07) is 7.86. The van der Waals surface area contributed by atoms with E-state index in [9.17, 15) is 4.79 Å². The van der Waals surface area contributed by atoms with E-state index in [0.717, 1.165) is 24.3 Å². The van der Waals surface area contributed by atoms with E-state index in [2.05, 4.69) is 26.1 Å². The molecule has 4 nitrogen and oxygen atoms in total. The molecule has 21 heavy (non-hydrogen) atoms. The van der Waals surface area contributed by atoms with Gasteiger partial charge in [0.15, 0.2) is 5.82 Å². The van der Waals surface area contributed by atoms with Gasteiger partial charge in [-0.1, -0.05) is 32.9 Å². The molecule has 0 aliphatic rings. The third kappa shape index (κ3) is 3.32. The summed E-state index contributed by atoms with van der Waals surface area (Å²) >= 11 is 0. The normalized spacial score (nSPS) is 13.0. The van der Waals surface area contributed by atoms with Crippen LogP contribution >= 0.6 is 0 Å². The lowest BCUT2D eigenvalue weighted by Crippen LogP contribution is -2.86. The van der Waals surface area contributed by atoms with Crippen LogP contribution in [0.25, 0.3) is 10.9 Å². The van der Waals surface area contributed by atoms with Gasteiger partial charge in [-0.25, -0.2) is 4.98 Å². The summed E-state index contributed by atoms with van der Waals surface area (Å²) in [5, 5.41) is 3.02. The van der Waals surface area contributed by atoms with Gasteiger partial charge >= 0.3 is 0 Å². The van der Waals surface area contributed by atoms with Gasteiger partial charge in [0, 0.05) is 18.9 Å². The molecule has 1 heterocycles. The van der Waals surface area contributed by atoms with Crippen molar-refractivity contribution in [3.63, 3.8) is 0 Å². The van der Waals surface area contributed by atoms with Crippen molar-refractivity contribution in [2.45, 2.75) is 46.7 Å². The Morgan fingerprint density at radius 3 is 2.57 bits per heavy atom. The number of hydrogen-bond donors (Lipinski definition) is 1. The van der Waals surface area contributed by atoms with E-state index in [1.807, 2.05) is 35.8 Å². The average molecular weight is 288 g/mol. The lowest BCUT2D eigenvalue weighted by molar-refractivity contribution is -0.702. The molecule has 114 valence electrons. The molecule has 4 heteroatoms. The molecule has 0 aliphatic heterocycles. The van der Waals surface area contributed by atoms with Crippen molar-refractivity contribution in [3.05, 3.63) is 40.4 Å². The van der Waals surface area contributed by atoms with Crippen molar-refractivity contribution in [1.29, 1.82) is 0 Å². The first-order valence-corrected chi connectivity index (χ1v) is 7.91. The van der Waals surface area contributed by atoms with Crippen LogP contribution in [-0.2, 0) is 6.54 Å². The first kappa shape index (κ1) is 15.7. The van der Waals surface area contributed by atoms with Gasteiger partial charge in [-0.3, -0.25) is 9.36 Å². The first-order chi connectivity index (χ1) is 10.1. The first-order valence-electron chi connectivity index (χ1n) is 7.91.